The van der Waals surface area contributed by atoms with Gasteiger partial charge in [-0.2, -0.15) is 0 Å². The number of nitrogens with one attached hydrogen (secondary N) is 1. The number of hydrogen-bond acceptors (Lipinski definition) is 2. The maximum atomic E-state index is 13.0. The zero-order valence-corrected chi connectivity index (χ0v) is 12.2. The molecule has 0 heterocycles. The monoisotopic (exact) mass is 362 g/mol. The first-order valence-corrected chi connectivity index (χ1v) is 7.12. The molecule has 0 unspecified atom stereocenters. The normalized spacial score (nSPS) is 17.7. The second-order valence-electron chi connectivity index (χ2n) is 4.77. The van der Waals surface area contributed by atoms with Crippen LogP contribution in [0.1, 0.15) is 36.0 Å². The molecule has 0 aliphatic heterocycles. The number of rotatable bonds is 3. The van der Waals surface area contributed by atoms with E-state index in [0.717, 1.165) is 25.7 Å². The molecule has 0 atom stereocenters. The number of halogens is 2. The van der Waals surface area contributed by atoms with Gasteiger partial charge in [-0.25, -0.2) is 4.39 Å². The van der Waals surface area contributed by atoms with Gasteiger partial charge in [-0.1, -0.05) is 12.8 Å². The highest BCUT2D eigenvalue weighted by Crippen LogP contribution is 2.29. The van der Waals surface area contributed by atoms with Crippen LogP contribution in [0.25, 0.3) is 0 Å². The molecule has 0 aromatic heterocycles. The van der Waals surface area contributed by atoms with E-state index in [0.29, 0.717) is 15.7 Å². The molecule has 3 N–H and O–H groups in total. The fourth-order valence-electron chi connectivity index (χ4n) is 2.41. The van der Waals surface area contributed by atoms with Gasteiger partial charge < -0.3 is 11.1 Å². The Labute approximate surface area is 119 Å². The summed E-state index contributed by atoms with van der Waals surface area (Å²) < 4.78 is 13.6. The summed E-state index contributed by atoms with van der Waals surface area (Å²) in [7, 11) is 0. The van der Waals surface area contributed by atoms with E-state index in [1.807, 2.05) is 22.6 Å². The van der Waals surface area contributed by atoms with Gasteiger partial charge in [0, 0.05) is 10.1 Å². The van der Waals surface area contributed by atoms with Crippen LogP contribution in [-0.2, 0) is 0 Å². The van der Waals surface area contributed by atoms with Gasteiger partial charge in [-0.05, 0) is 53.6 Å². The Hall–Kier alpha value is -0.690. The Morgan fingerprint density at radius 2 is 2.11 bits per heavy atom. The summed E-state index contributed by atoms with van der Waals surface area (Å²) in [4.78, 5) is 12.2. The van der Waals surface area contributed by atoms with Gasteiger partial charge in [0.05, 0.1) is 11.1 Å². The third-order valence-corrected chi connectivity index (χ3v) is 4.40. The van der Waals surface area contributed by atoms with Crippen LogP contribution < -0.4 is 11.1 Å². The summed E-state index contributed by atoms with van der Waals surface area (Å²) in [6.45, 7) is 0.455. The van der Waals surface area contributed by atoms with Crippen molar-refractivity contribution in [3.63, 3.8) is 0 Å². The van der Waals surface area contributed by atoms with E-state index in [1.54, 1.807) is 0 Å². The van der Waals surface area contributed by atoms with Crippen LogP contribution in [0.4, 0.5) is 4.39 Å². The maximum absolute atomic E-state index is 13.0. The predicted octanol–water partition coefficient (Wildman–Crippen LogP) is 2.43. The minimum atomic E-state index is -0.328. The second kappa shape index (κ2) is 5.52. The lowest BCUT2D eigenvalue weighted by Gasteiger charge is -2.28. The van der Waals surface area contributed by atoms with Gasteiger partial charge in [-0.3, -0.25) is 4.79 Å². The summed E-state index contributed by atoms with van der Waals surface area (Å²) in [6, 6.07) is 4.19. The molecule has 0 bridgehead atoms. The third-order valence-electron chi connectivity index (χ3n) is 3.51. The molecular formula is C13H16FIN2O. The summed E-state index contributed by atoms with van der Waals surface area (Å²) in [6.07, 6.45) is 4.04. The molecule has 1 aliphatic carbocycles. The van der Waals surface area contributed by atoms with Crippen molar-refractivity contribution in [2.45, 2.75) is 31.2 Å². The van der Waals surface area contributed by atoms with Crippen LogP contribution in [-0.4, -0.2) is 18.0 Å². The van der Waals surface area contributed by atoms with E-state index >= 15 is 0 Å². The van der Waals surface area contributed by atoms with Crippen molar-refractivity contribution in [3.8, 4) is 0 Å². The van der Waals surface area contributed by atoms with Crippen LogP contribution in [0, 0.1) is 9.39 Å². The molecule has 1 saturated carbocycles. The fourth-order valence-corrected chi connectivity index (χ4v) is 3.14. The highest BCUT2D eigenvalue weighted by Gasteiger charge is 2.34. The first-order chi connectivity index (χ1) is 8.56. The maximum Gasteiger partial charge on any atom is 0.252 e. The molecule has 1 aromatic rings. The van der Waals surface area contributed by atoms with E-state index in [2.05, 4.69) is 5.32 Å². The number of carbonyl (C=O) groups is 1. The molecule has 1 amide bonds. The molecule has 1 aromatic carbocycles. The van der Waals surface area contributed by atoms with Crippen molar-refractivity contribution in [3.05, 3.63) is 33.1 Å². The smallest absolute Gasteiger partial charge is 0.252 e. The van der Waals surface area contributed by atoms with Crippen LogP contribution in [0.3, 0.4) is 0 Å². The molecule has 1 fully saturated rings. The summed E-state index contributed by atoms with van der Waals surface area (Å²) in [5, 5.41) is 3.03. The zero-order chi connectivity index (χ0) is 13.2. The van der Waals surface area contributed by atoms with Crippen LogP contribution >= 0.6 is 22.6 Å². The molecule has 2 rings (SSSR count). The van der Waals surface area contributed by atoms with Crippen LogP contribution in [0.15, 0.2) is 18.2 Å². The average Bonchev–Trinajstić information content (AvgIpc) is 2.78. The summed E-state index contributed by atoms with van der Waals surface area (Å²) in [5.74, 6) is -0.489. The lowest BCUT2D eigenvalue weighted by Crippen LogP contribution is -2.51. The second-order valence-corrected chi connectivity index (χ2v) is 5.93. The fraction of sp³-hybridized carbons (Fsp3) is 0.462. The van der Waals surface area contributed by atoms with Gasteiger partial charge in [-0.15, -0.1) is 0 Å². The molecule has 3 nitrogen and oxygen atoms in total. The van der Waals surface area contributed by atoms with Gasteiger partial charge in [0.15, 0.2) is 0 Å². The van der Waals surface area contributed by atoms with Gasteiger partial charge in [0.25, 0.3) is 5.91 Å². The number of hydrogen-bond donors (Lipinski definition) is 2. The predicted molar refractivity (Wildman–Crippen MR) is 76.8 cm³/mol. The van der Waals surface area contributed by atoms with Crippen molar-refractivity contribution < 1.29 is 9.18 Å². The molecular weight excluding hydrogens is 346 g/mol. The largest absolute Gasteiger partial charge is 0.345 e. The molecule has 1 aliphatic rings. The molecule has 5 heteroatoms. The van der Waals surface area contributed by atoms with Gasteiger partial charge in [0.2, 0.25) is 0 Å². The topological polar surface area (TPSA) is 55.1 Å². The van der Waals surface area contributed by atoms with Crippen molar-refractivity contribution in [2.24, 2.45) is 5.73 Å². The number of benzene rings is 1. The molecule has 0 spiro atoms. The number of nitrogens with two attached hydrogens (primary N) is 1. The average molecular weight is 362 g/mol. The van der Waals surface area contributed by atoms with E-state index in [-0.39, 0.29) is 17.3 Å². The first-order valence-electron chi connectivity index (χ1n) is 6.04. The third kappa shape index (κ3) is 2.83. The Balaban J connectivity index is 2.16. The minimum absolute atomic E-state index is 0.160. The Morgan fingerprint density at radius 3 is 2.67 bits per heavy atom. The molecule has 0 radical (unpaired) electrons. The van der Waals surface area contributed by atoms with Crippen LogP contribution in [0.2, 0.25) is 0 Å². The SMILES string of the molecule is NCC1(NC(=O)c2ccc(F)cc2I)CCCC1. The van der Waals surface area contributed by atoms with Gasteiger partial charge >= 0.3 is 0 Å². The van der Waals surface area contributed by atoms with E-state index < -0.39 is 0 Å². The van der Waals surface area contributed by atoms with E-state index in [4.69, 9.17) is 5.73 Å². The van der Waals surface area contributed by atoms with Gasteiger partial charge in [0.1, 0.15) is 5.82 Å². The van der Waals surface area contributed by atoms with Crippen LogP contribution in [0.5, 0.6) is 0 Å². The highest BCUT2D eigenvalue weighted by atomic mass is 127. The molecule has 0 saturated heterocycles. The van der Waals surface area contributed by atoms with E-state index in [1.165, 1.54) is 18.2 Å². The Kier molecular flexibility index (Phi) is 4.21. The van der Waals surface area contributed by atoms with Crippen molar-refractivity contribution in [2.75, 3.05) is 6.54 Å². The quantitative estimate of drug-likeness (QED) is 0.812. The molecule has 18 heavy (non-hydrogen) atoms. The summed E-state index contributed by atoms with van der Waals surface area (Å²) in [5.41, 5.74) is 6.02. The standard InChI is InChI=1S/C13H16FIN2O/c14-9-3-4-10(11(15)7-9)12(18)17-13(8-16)5-1-2-6-13/h3-4,7H,1-2,5-6,8,16H2,(H,17,18). The summed E-state index contributed by atoms with van der Waals surface area (Å²) >= 11 is 1.97. The number of carbonyl (C=O) groups excluding carboxylic acids is 1. The van der Waals surface area contributed by atoms with Crippen molar-refractivity contribution in [1.82, 2.24) is 5.32 Å². The first kappa shape index (κ1) is 13.7. The number of amides is 1. The highest BCUT2D eigenvalue weighted by molar-refractivity contribution is 14.1. The molecule has 98 valence electrons. The minimum Gasteiger partial charge on any atom is -0.345 e. The van der Waals surface area contributed by atoms with E-state index in [9.17, 15) is 9.18 Å². The lowest BCUT2D eigenvalue weighted by atomic mass is 9.97. The Morgan fingerprint density at radius 1 is 1.44 bits per heavy atom. The lowest BCUT2D eigenvalue weighted by molar-refractivity contribution is 0.0902. The zero-order valence-electron chi connectivity index (χ0n) is 10.0. The van der Waals surface area contributed by atoms with Crippen molar-refractivity contribution in [1.29, 1.82) is 0 Å². The van der Waals surface area contributed by atoms with Crippen molar-refractivity contribution >= 4 is 28.5 Å². The Bertz CT molecular complexity index is 458.